The highest BCUT2D eigenvalue weighted by molar-refractivity contribution is 5.89. The standard InChI is InChI=1S/C19H15NO4/c21-18-16(10-14(11-20-18)19(22)23)15-8-4-5-9-17(15)24-12-13-6-2-1-3-7-13/h1-11H,12H2,(H,20,21)(H,22,23). The van der Waals surface area contributed by atoms with Crippen LogP contribution in [0.3, 0.4) is 0 Å². The van der Waals surface area contributed by atoms with Crippen molar-refractivity contribution in [3.8, 4) is 16.9 Å². The average Bonchev–Trinajstić information content (AvgIpc) is 2.61. The maximum Gasteiger partial charge on any atom is 0.337 e. The highest BCUT2D eigenvalue weighted by atomic mass is 16.5. The number of pyridine rings is 1. The maximum absolute atomic E-state index is 12.1. The molecule has 5 nitrogen and oxygen atoms in total. The zero-order valence-electron chi connectivity index (χ0n) is 12.7. The summed E-state index contributed by atoms with van der Waals surface area (Å²) in [5.41, 5.74) is 1.47. The topological polar surface area (TPSA) is 79.4 Å². The number of rotatable bonds is 5. The SMILES string of the molecule is O=C(O)c1c[nH]c(=O)c(-c2ccccc2OCc2ccccc2)c1. The monoisotopic (exact) mass is 321 g/mol. The fourth-order valence-electron chi connectivity index (χ4n) is 2.36. The molecule has 0 spiro atoms. The van der Waals surface area contributed by atoms with Crippen molar-refractivity contribution in [2.75, 3.05) is 0 Å². The molecule has 0 bridgehead atoms. The number of ether oxygens (including phenoxy) is 1. The van der Waals surface area contributed by atoms with E-state index in [1.165, 1.54) is 12.3 Å². The molecular formula is C19H15NO4. The van der Waals surface area contributed by atoms with E-state index in [4.69, 9.17) is 9.84 Å². The lowest BCUT2D eigenvalue weighted by Crippen LogP contribution is -2.12. The van der Waals surface area contributed by atoms with Gasteiger partial charge in [0.2, 0.25) is 0 Å². The Bertz CT molecular complexity index is 916. The number of carboxylic acids is 1. The zero-order valence-corrected chi connectivity index (χ0v) is 12.7. The Labute approximate surface area is 138 Å². The fraction of sp³-hybridized carbons (Fsp3) is 0.0526. The maximum atomic E-state index is 12.1. The van der Waals surface area contributed by atoms with Gasteiger partial charge in [0.25, 0.3) is 5.56 Å². The number of benzene rings is 2. The van der Waals surface area contributed by atoms with Gasteiger partial charge in [-0.3, -0.25) is 4.79 Å². The predicted octanol–water partition coefficient (Wildman–Crippen LogP) is 3.32. The number of aromatic amines is 1. The van der Waals surface area contributed by atoms with Crippen LogP contribution in [0.4, 0.5) is 0 Å². The van der Waals surface area contributed by atoms with Crippen LogP contribution in [0.1, 0.15) is 15.9 Å². The highest BCUT2D eigenvalue weighted by Gasteiger charge is 2.13. The summed E-state index contributed by atoms with van der Waals surface area (Å²) in [5, 5.41) is 9.12. The van der Waals surface area contributed by atoms with Crippen LogP contribution in [-0.2, 0) is 6.61 Å². The summed E-state index contributed by atoms with van der Waals surface area (Å²) in [6.07, 6.45) is 1.18. The molecule has 0 aliphatic heterocycles. The molecule has 24 heavy (non-hydrogen) atoms. The third kappa shape index (κ3) is 3.35. The van der Waals surface area contributed by atoms with E-state index in [2.05, 4.69) is 4.98 Å². The van der Waals surface area contributed by atoms with Crippen LogP contribution >= 0.6 is 0 Å². The van der Waals surface area contributed by atoms with Gasteiger partial charge in [0.05, 0.1) is 11.1 Å². The lowest BCUT2D eigenvalue weighted by molar-refractivity contribution is 0.0696. The van der Waals surface area contributed by atoms with Crippen molar-refractivity contribution >= 4 is 5.97 Å². The summed E-state index contributed by atoms with van der Waals surface area (Å²) in [6.45, 7) is 0.356. The number of carboxylic acid groups (broad SMARTS) is 1. The Balaban J connectivity index is 1.96. The number of nitrogens with one attached hydrogen (secondary N) is 1. The number of para-hydroxylation sites is 1. The number of carbonyl (C=O) groups is 1. The van der Waals surface area contributed by atoms with Crippen molar-refractivity contribution in [3.63, 3.8) is 0 Å². The van der Waals surface area contributed by atoms with Gasteiger partial charge in [0.1, 0.15) is 12.4 Å². The van der Waals surface area contributed by atoms with Gasteiger partial charge in [-0.1, -0.05) is 48.5 Å². The van der Waals surface area contributed by atoms with Gasteiger partial charge in [-0.05, 0) is 17.7 Å². The minimum atomic E-state index is -1.10. The first-order valence-corrected chi connectivity index (χ1v) is 7.37. The third-order valence-electron chi connectivity index (χ3n) is 3.56. The van der Waals surface area contributed by atoms with Gasteiger partial charge in [-0.25, -0.2) is 4.79 Å². The van der Waals surface area contributed by atoms with Gasteiger partial charge < -0.3 is 14.8 Å². The first kappa shape index (κ1) is 15.6. The van der Waals surface area contributed by atoms with E-state index in [1.54, 1.807) is 24.3 Å². The minimum absolute atomic E-state index is 0.0162. The van der Waals surface area contributed by atoms with E-state index in [0.29, 0.717) is 17.9 Å². The van der Waals surface area contributed by atoms with Crippen LogP contribution in [0.2, 0.25) is 0 Å². The number of aromatic carboxylic acids is 1. The molecule has 0 atom stereocenters. The lowest BCUT2D eigenvalue weighted by atomic mass is 10.0. The molecule has 0 saturated heterocycles. The molecule has 0 fully saturated rings. The van der Waals surface area contributed by atoms with Crippen LogP contribution in [0.15, 0.2) is 71.7 Å². The van der Waals surface area contributed by atoms with E-state index < -0.39 is 5.97 Å². The number of hydrogen-bond acceptors (Lipinski definition) is 3. The Hall–Kier alpha value is -3.34. The summed E-state index contributed by atoms with van der Waals surface area (Å²) in [7, 11) is 0. The van der Waals surface area contributed by atoms with Crippen LogP contribution in [0, 0.1) is 0 Å². The first-order chi connectivity index (χ1) is 11.6. The minimum Gasteiger partial charge on any atom is -0.488 e. The Morgan fingerprint density at radius 2 is 1.71 bits per heavy atom. The van der Waals surface area contributed by atoms with Gasteiger partial charge in [0, 0.05) is 11.8 Å². The molecule has 3 aromatic rings. The summed E-state index contributed by atoms with van der Waals surface area (Å²) >= 11 is 0. The first-order valence-electron chi connectivity index (χ1n) is 7.37. The van der Waals surface area contributed by atoms with Gasteiger partial charge in [-0.2, -0.15) is 0 Å². The van der Waals surface area contributed by atoms with Crippen molar-refractivity contribution in [2.24, 2.45) is 0 Å². The summed E-state index contributed by atoms with van der Waals surface area (Å²) < 4.78 is 5.83. The molecule has 2 N–H and O–H groups in total. The Morgan fingerprint density at radius 1 is 1.00 bits per heavy atom. The lowest BCUT2D eigenvalue weighted by Gasteiger charge is -2.11. The van der Waals surface area contributed by atoms with Crippen LogP contribution in [-0.4, -0.2) is 16.1 Å². The van der Waals surface area contributed by atoms with E-state index in [-0.39, 0.29) is 16.7 Å². The van der Waals surface area contributed by atoms with Crippen molar-refractivity contribution < 1.29 is 14.6 Å². The third-order valence-corrected chi connectivity index (χ3v) is 3.56. The molecule has 1 aromatic heterocycles. The molecule has 1 heterocycles. The van der Waals surface area contributed by atoms with Crippen molar-refractivity contribution in [1.82, 2.24) is 4.98 Å². The molecule has 0 amide bonds. The van der Waals surface area contributed by atoms with Gasteiger partial charge in [-0.15, -0.1) is 0 Å². The zero-order chi connectivity index (χ0) is 16.9. The summed E-state index contributed by atoms with van der Waals surface area (Å²) in [6, 6.07) is 18.1. The molecule has 5 heteroatoms. The van der Waals surface area contributed by atoms with E-state index in [0.717, 1.165) is 5.56 Å². The van der Waals surface area contributed by atoms with E-state index in [1.807, 2.05) is 30.3 Å². The van der Waals surface area contributed by atoms with Crippen LogP contribution < -0.4 is 10.3 Å². The molecule has 3 rings (SSSR count). The van der Waals surface area contributed by atoms with Crippen LogP contribution in [0.5, 0.6) is 5.75 Å². The number of aromatic nitrogens is 1. The highest BCUT2D eigenvalue weighted by Crippen LogP contribution is 2.28. The van der Waals surface area contributed by atoms with Crippen molar-refractivity contribution in [1.29, 1.82) is 0 Å². The number of hydrogen-bond donors (Lipinski definition) is 2. The largest absolute Gasteiger partial charge is 0.488 e. The molecular weight excluding hydrogens is 306 g/mol. The molecule has 0 unspecified atom stereocenters. The molecule has 0 aliphatic rings. The second-order valence-electron chi connectivity index (χ2n) is 5.21. The Kier molecular flexibility index (Phi) is 4.43. The fourth-order valence-corrected chi connectivity index (χ4v) is 2.36. The van der Waals surface area contributed by atoms with Gasteiger partial charge in [0.15, 0.2) is 0 Å². The Morgan fingerprint density at radius 3 is 2.46 bits per heavy atom. The summed E-state index contributed by atoms with van der Waals surface area (Å²) in [4.78, 5) is 25.7. The molecule has 0 aliphatic carbocycles. The molecule has 120 valence electrons. The van der Waals surface area contributed by atoms with Crippen LogP contribution in [0.25, 0.3) is 11.1 Å². The van der Waals surface area contributed by atoms with Crippen molar-refractivity contribution in [3.05, 3.63) is 88.3 Å². The smallest absolute Gasteiger partial charge is 0.337 e. The second kappa shape index (κ2) is 6.83. The summed E-state index contributed by atoms with van der Waals surface area (Å²) in [5.74, 6) is -0.579. The predicted molar refractivity (Wildman–Crippen MR) is 90.2 cm³/mol. The second-order valence-corrected chi connectivity index (χ2v) is 5.21. The van der Waals surface area contributed by atoms with E-state index in [9.17, 15) is 9.59 Å². The van der Waals surface area contributed by atoms with Gasteiger partial charge >= 0.3 is 5.97 Å². The average molecular weight is 321 g/mol. The molecule has 2 aromatic carbocycles. The molecule has 0 radical (unpaired) electrons. The quantitative estimate of drug-likeness (QED) is 0.755. The molecule has 0 saturated carbocycles. The van der Waals surface area contributed by atoms with E-state index >= 15 is 0 Å². The number of H-pyrrole nitrogens is 1. The van der Waals surface area contributed by atoms with Crippen molar-refractivity contribution in [2.45, 2.75) is 6.61 Å². The normalized spacial score (nSPS) is 10.3.